The summed E-state index contributed by atoms with van der Waals surface area (Å²) in [7, 11) is 0. The fourth-order valence-corrected chi connectivity index (χ4v) is 1.72. The van der Waals surface area contributed by atoms with E-state index in [0.29, 0.717) is 0 Å². The lowest BCUT2D eigenvalue weighted by Crippen LogP contribution is -2.31. The quantitative estimate of drug-likeness (QED) is 0.544. The minimum atomic E-state index is -0.898. The van der Waals surface area contributed by atoms with E-state index >= 15 is 0 Å². The van der Waals surface area contributed by atoms with Crippen molar-refractivity contribution in [2.24, 2.45) is 11.7 Å². The molecule has 1 unspecified atom stereocenters. The Labute approximate surface area is 100 Å². The van der Waals surface area contributed by atoms with Gasteiger partial charge in [0.25, 0.3) is 0 Å². The highest BCUT2D eigenvalue weighted by molar-refractivity contribution is 5.50. The van der Waals surface area contributed by atoms with Crippen LogP contribution in [0.5, 0.6) is 17.2 Å². The van der Waals surface area contributed by atoms with Crippen molar-refractivity contribution in [2.75, 3.05) is 0 Å². The van der Waals surface area contributed by atoms with Crippen LogP contribution in [0.2, 0.25) is 0 Å². The monoisotopic (exact) mass is 241 g/mol. The van der Waals surface area contributed by atoms with Crippen LogP contribution in [0.4, 0.5) is 0 Å². The molecule has 5 heteroatoms. The third-order valence-corrected chi connectivity index (χ3v) is 3.05. The Bertz CT molecular complexity index is 371. The molecule has 17 heavy (non-hydrogen) atoms. The number of phenols is 3. The van der Waals surface area contributed by atoms with Crippen molar-refractivity contribution in [1.29, 1.82) is 0 Å². The molecule has 5 nitrogen and oxygen atoms in total. The van der Waals surface area contributed by atoms with Crippen LogP contribution in [-0.4, -0.2) is 26.5 Å². The van der Waals surface area contributed by atoms with Gasteiger partial charge in [0.1, 0.15) is 17.2 Å². The molecule has 0 amide bonds. The number of hydrogen-bond acceptors (Lipinski definition) is 5. The van der Waals surface area contributed by atoms with Gasteiger partial charge in [-0.1, -0.05) is 20.3 Å². The maximum Gasteiger partial charge on any atom is 0.127 e. The molecule has 0 saturated heterocycles. The van der Waals surface area contributed by atoms with Crippen molar-refractivity contribution in [3.05, 3.63) is 17.7 Å². The molecule has 3 atom stereocenters. The number of aliphatic hydroxyl groups excluding tert-OH is 1. The summed E-state index contributed by atoms with van der Waals surface area (Å²) in [4.78, 5) is 0. The molecule has 0 aliphatic carbocycles. The van der Waals surface area contributed by atoms with Gasteiger partial charge in [-0.2, -0.15) is 0 Å². The average molecular weight is 241 g/mol. The Morgan fingerprint density at radius 1 is 1.18 bits per heavy atom. The second kappa shape index (κ2) is 5.25. The number of rotatable bonds is 4. The SMILES string of the molecule is CCC(C)[C@@H](O)[C@@H](N)c1c(O)cc(O)cc1O. The van der Waals surface area contributed by atoms with Gasteiger partial charge >= 0.3 is 0 Å². The molecule has 0 aliphatic rings. The molecular weight excluding hydrogens is 222 g/mol. The molecule has 0 aromatic heterocycles. The van der Waals surface area contributed by atoms with Gasteiger partial charge in [-0.25, -0.2) is 0 Å². The second-order valence-corrected chi connectivity index (χ2v) is 4.30. The van der Waals surface area contributed by atoms with Gasteiger partial charge in [-0.15, -0.1) is 0 Å². The van der Waals surface area contributed by atoms with Crippen LogP contribution < -0.4 is 5.73 Å². The van der Waals surface area contributed by atoms with Gasteiger partial charge in [0.05, 0.1) is 17.7 Å². The summed E-state index contributed by atoms with van der Waals surface area (Å²) in [5, 5.41) is 38.4. The number of benzene rings is 1. The normalized spacial score (nSPS) is 16.5. The molecular formula is C12H19NO4. The van der Waals surface area contributed by atoms with Gasteiger partial charge in [0, 0.05) is 12.1 Å². The molecule has 0 heterocycles. The van der Waals surface area contributed by atoms with Crippen LogP contribution in [0.3, 0.4) is 0 Å². The summed E-state index contributed by atoms with van der Waals surface area (Å²) in [5.41, 5.74) is 5.87. The van der Waals surface area contributed by atoms with E-state index in [1.807, 2.05) is 13.8 Å². The minimum absolute atomic E-state index is 0.0515. The lowest BCUT2D eigenvalue weighted by molar-refractivity contribution is 0.0861. The molecule has 1 aromatic carbocycles. The third kappa shape index (κ3) is 2.81. The highest BCUT2D eigenvalue weighted by Gasteiger charge is 2.27. The van der Waals surface area contributed by atoms with Crippen molar-refractivity contribution in [3.8, 4) is 17.2 Å². The van der Waals surface area contributed by atoms with Crippen LogP contribution >= 0.6 is 0 Å². The topological polar surface area (TPSA) is 107 Å². The number of nitrogens with two attached hydrogens (primary N) is 1. The first kappa shape index (κ1) is 13.6. The van der Waals surface area contributed by atoms with Gasteiger partial charge in [0.2, 0.25) is 0 Å². The fraction of sp³-hybridized carbons (Fsp3) is 0.500. The summed E-state index contributed by atoms with van der Waals surface area (Å²) in [6.07, 6.45) is -0.143. The summed E-state index contributed by atoms with van der Waals surface area (Å²) in [6, 6.07) is 1.27. The number of aromatic hydroxyl groups is 3. The molecule has 6 N–H and O–H groups in total. The predicted octanol–water partition coefficient (Wildman–Crippen LogP) is 1.21. The number of phenolic OH excluding ortho intramolecular Hbond substituents is 3. The zero-order chi connectivity index (χ0) is 13.2. The Morgan fingerprint density at radius 2 is 1.65 bits per heavy atom. The molecule has 0 saturated carbocycles. The molecule has 0 bridgehead atoms. The first-order valence-electron chi connectivity index (χ1n) is 5.57. The van der Waals surface area contributed by atoms with Crippen molar-refractivity contribution in [1.82, 2.24) is 0 Å². The third-order valence-electron chi connectivity index (χ3n) is 3.05. The molecule has 0 aliphatic heterocycles. The van der Waals surface area contributed by atoms with E-state index in [1.165, 1.54) is 0 Å². The number of aliphatic hydroxyl groups is 1. The zero-order valence-electron chi connectivity index (χ0n) is 9.96. The van der Waals surface area contributed by atoms with E-state index < -0.39 is 12.1 Å². The van der Waals surface area contributed by atoms with Crippen LogP contribution in [-0.2, 0) is 0 Å². The van der Waals surface area contributed by atoms with Gasteiger partial charge < -0.3 is 26.2 Å². The van der Waals surface area contributed by atoms with E-state index in [2.05, 4.69) is 0 Å². The lowest BCUT2D eigenvalue weighted by Gasteiger charge is -2.25. The van der Waals surface area contributed by atoms with E-state index in [0.717, 1.165) is 18.6 Å². The smallest absolute Gasteiger partial charge is 0.127 e. The van der Waals surface area contributed by atoms with Crippen LogP contribution in [0, 0.1) is 5.92 Å². The highest BCUT2D eigenvalue weighted by atomic mass is 16.3. The Hall–Kier alpha value is -1.46. The van der Waals surface area contributed by atoms with Crippen LogP contribution in [0.25, 0.3) is 0 Å². The second-order valence-electron chi connectivity index (χ2n) is 4.30. The van der Waals surface area contributed by atoms with Gasteiger partial charge in [-0.05, 0) is 5.92 Å². The zero-order valence-corrected chi connectivity index (χ0v) is 9.96. The molecule has 0 radical (unpaired) electrons. The minimum Gasteiger partial charge on any atom is -0.508 e. The van der Waals surface area contributed by atoms with Crippen molar-refractivity contribution in [3.63, 3.8) is 0 Å². The van der Waals surface area contributed by atoms with E-state index in [1.54, 1.807) is 0 Å². The van der Waals surface area contributed by atoms with Crippen molar-refractivity contribution in [2.45, 2.75) is 32.4 Å². The van der Waals surface area contributed by atoms with Gasteiger partial charge in [-0.3, -0.25) is 0 Å². The fourth-order valence-electron chi connectivity index (χ4n) is 1.72. The molecule has 0 spiro atoms. The standard InChI is InChI=1S/C12H19NO4/c1-3-6(2)12(17)11(13)10-8(15)4-7(14)5-9(10)16/h4-6,11-12,14-17H,3,13H2,1-2H3/t6?,11-,12+/m0/s1. The van der Waals surface area contributed by atoms with E-state index in [9.17, 15) is 20.4 Å². The first-order valence-corrected chi connectivity index (χ1v) is 5.57. The molecule has 1 aromatic rings. The predicted molar refractivity (Wildman–Crippen MR) is 63.8 cm³/mol. The molecule has 96 valence electrons. The van der Waals surface area contributed by atoms with E-state index in [4.69, 9.17) is 5.73 Å². The van der Waals surface area contributed by atoms with Crippen LogP contribution in [0.1, 0.15) is 31.9 Å². The maximum atomic E-state index is 9.95. The largest absolute Gasteiger partial charge is 0.508 e. The van der Waals surface area contributed by atoms with Crippen molar-refractivity contribution < 1.29 is 20.4 Å². The molecule has 1 rings (SSSR count). The first-order chi connectivity index (χ1) is 7.88. The Morgan fingerprint density at radius 3 is 2.06 bits per heavy atom. The lowest BCUT2D eigenvalue weighted by atomic mass is 9.90. The van der Waals surface area contributed by atoms with Crippen LogP contribution in [0.15, 0.2) is 12.1 Å². The number of hydrogen-bond donors (Lipinski definition) is 5. The Balaban J connectivity index is 3.08. The van der Waals surface area contributed by atoms with Gasteiger partial charge in [0.15, 0.2) is 0 Å². The highest BCUT2D eigenvalue weighted by Crippen LogP contribution is 2.38. The summed E-state index contributed by atoms with van der Waals surface area (Å²) in [6.45, 7) is 3.75. The molecule has 0 fully saturated rings. The summed E-state index contributed by atoms with van der Waals surface area (Å²) in [5.74, 6) is -0.957. The Kier molecular flexibility index (Phi) is 4.20. The summed E-state index contributed by atoms with van der Waals surface area (Å²) >= 11 is 0. The van der Waals surface area contributed by atoms with Crippen molar-refractivity contribution >= 4 is 0 Å². The maximum absolute atomic E-state index is 9.95. The summed E-state index contributed by atoms with van der Waals surface area (Å²) < 4.78 is 0. The van der Waals surface area contributed by atoms with E-state index in [-0.39, 0.29) is 28.7 Å². The average Bonchev–Trinajstić information content (AvgIpc) is 2.25.